The van der Waals surface area contributed by atoms with Gasteiger partial charge in [0.25, 0.3) is 0 Å². The van der Waals surface area contributed by atoms with Gasteiger partial charge in [0.1, 0.15) is 0 Å². The van der Waals surface area contributed by atoms with Crippen LogP contribution in [0.25, 0.3) is 0 Å². The number of fused-ring (bicyclic) bond motifs is 3. The Bertz CT molecular complexity index is 344. The highest BCUT2D eigenvalue weighted by Gasteiger charge is 2.49. The van der Waals surface area contributed by atoms with Crippen molar-refractivity contribution in [2.45, 2.75) is 49.5 Å². The second-order valence-corrected chi connectivity index (χ2v) is 5.53. The van der Waals surface area contributed by atoms with Gasteiger partial charge >= 0.3 is 0 Å². The first-order valence-corrected chi connectivity index (χ1v) is 6.39. The van der Waals surface area contributed by atoms with Crippen molar-refractivity contribution < 1.29 is 4.74 Å². The van der Waals surface area contributed by atoms with Crippen LogP contribution in [0.5, 0.6) is 0 Å². The molecule has 3 fully saturated rings. The Hall–Kier alpha value is -0.820. The molecular weight excluding hydrogens is 196 g/mol. The van der Waals surface area contributed by atoms with E-state index >= 15 is 0 Å². The lowest BCUT2D eigenvalue weighted by molar-refractivity contribution is -0.0955. The molecule has 0 unspecified atom stereocenters. The second-order valence-electron chi connectivity index (χ2n) is 5.53. The number of rotatable bonds is 2. The first-order valence-electron chi connectivity index (χ1n) is 6.39. The van der Waals surface area contributed by atoms with Gasteiger partial charge in [-0.2, -0.15) is 0 Å². The average molecular weight is 216 g/mol. The van der Waals surface area contributed by atoms with Gasteiger partial charge in [0.05, 0.1) is 5.60 Å². The first kappa shape index (κ1) is 10.3. The fourth-order valence-electron chi connectivity index (χ4n) is 3.68. The molecule has 1 aromatic carbocycles. The standard InChI is InChI=1S/C15H20O/c1-16-15-10-7-14(8-11-15,9-12-15)13-5-3-2-4-6-13/h2-6H,7-12H2,1H3. The molecule has 0 radical (unpaired) electrons. The maximum absolute atomic E-state index is 5.75. The zero-order valence-electron chi connectivity index (χ0n) is 10.0. The highest BCUT2D eigenvalue weighted by molar-refractivity contribution is 5.28. The number of ether oxygens (including phenoxy) is 1. The van der Waals surface area contributed by atoms with E-state index in [1.807, 2.05) is 7.11 Å². The smallest absolute Gasteiger partial charge is 0.0679 e. The summed E-state index contributed by atoms with van der Waals surface area (Å²) in [6, 6.07) is 11.1. The van der Waals surface area contributed by atoms with Crippen LogP contribution in [0.15, 0.2) is 30.3 Å². The predicted octanol–water partition coefficient (Wildman–Crippen LogP) is 3.68. The van der Waals surface area contributed by atoms with Crippen LogP contribution in [0.3, 0.4) is 0 Å². The molecule has 86 valence electrons. The zero-order valence-corrected chi connectivity index (χ0v) is 10.0. The lowest BCUT2D eigenvalue weighted by Crippen LogP contribution is -2.49. The molecule has 0 heterocycles. The largest absolute Gasteiger partial charge is 0.378 e. The molecule has 0 amide bonds. The van der Waals surface area contributed by atoms with Crippen LogP contribution < -0.4 is 0 Å². The summed E-state index contributed by atoms with van der Waals surface area (Å²) in [6.45, 7) is 0. The number of hydrogen-bond acceptors (Lipinski definition) is 1. The van der Waals surface area contributed by atoms with E-state index in [4.69, 9.17) is 4.74 Å². The van der Waals surface area contributed by atoms with Crippen molar-refractivity contribution in [2.75, 3.05) is 7.11 Å². The highest BCUT2D eigenvalue weighted by Crippen LogP contribution is 2.54. The minimum absolute atomic E-state index is 0.233. The second kappa shape index (κ2) is 3.59. The van der Waals surface area contributed by atoms with Crippen molar-refractivity contribution >= 4 is 0 Å². The van der Waals surface area contributed by atoms with Gasteiger partial charge < -0.3 is 4.74 Å². The summed E-state index contributed by atoms with van der Waals surface area (Å²) in [6.07, 6.45) is 7.68. The van der Waals surface area contributed by atoms with Gasteiger partial charge in [0.2, 0.25) is 0 Å². The van der Waals surface area contributed by atoms with E-state index in [0.717, 1.165) is 0 Å². The van der Waals surface area contributed by atoms with Crippen LogP contribution in [0.1, 0.15) is 44.1 Å². The van der Waals surface area contributed by atoms with E-state index in [2.05, 4.69) is 30.3 Å². The monoisotopic (exact) mass is 216 g/mol. The van der Waals surface area contributed by atoms with Gasteiger partial charge in [-0.15, -0.1) is 0 Å². The molecule has 1 heteroatoms. The fraction of sp³-hybridized carbons (Fsp3) is 0.600. The topological polar surface area (TPSA) is 9.23 Å². The van der Waals surface area contributed by atoms with E-state index in [9.17, 15) is 0 Å². The average Bonchev–Trinajstić information content (AvgIpc) is 2.42. The van der Waals surface area contributed by atoms with Crippen LogP contribution in [0, 0.1) is 0 Å². The van der Waals surface area contributed by atoms with E-state index < -0.39 is 0 Å². The summed E-state index contributed by atoms with van der Waals surface area (Å²) >= 11 is 0. The molecule has 0 saturated heterocycles. The van der Waals surface area contributed by atoms with Crippen LogP contribution >= 0.6 is 0 Å². The number of methoxy groups -OCH3 is 1. The van der Waals surface area contributed by atoms with Crippen LogP contribution in [0.4, 0.5) is 0 Å². The minimum Gasteiger partial charge on any atom is -0.378 e. The van der Waals surface area contributed by atoms with Gasteiger partial charge in [0.15, 0.2) is 0 Å². The van der Waals surface area contributed by atoms with Crippen molar-refractivity contribution in [1.82, 2.24) is 0 Å². The molecule has 2 bridgehead atoms. The molecule has 3 saturated carbocycles. The third-order valence-electron chi connectivity index (χ3n) is 5.00. The zero-order chi connectivity index (χ0) is 11.1. The molecule has 1 aromatic rings. The molecule has 3 aliphatic carbocycles. The minimum atomic E-state index is 0.233. The van der Waals surface area contributed by atoms with Gasteiger partial charge in [-0.1, -0.05) is 30.3 Å². The molecule has 0 aromatic heterocycles. The van der Waals surface area contributed by atoms with Crippen molar-refractivity contribution in [1.29, 1.82) is 0 Å². The molecule has 0 spiro atoms. The molecule has 0 aliphatic heterocycles. The predicted molar refractivity (Wildman–Crippen MR) is 65.6 cm³/mol. The summed E-state index contributed by atoms with van der Waals surface area (Å²) in [5.74, 6) is 0. The SMILES string of the molecule is COC12CCC(c3ccccc3)(CC1)CC2. The highest BCUT2D eigenvalue weighted by atomic mass is 16.5. The maximum atomic E-state index is 5.75. The van der Waals surface area contributed by atoms with Gasteiger partial charge in [-0.3, -0.25) is 0 Å². The third-order valence-corrected chi connectivity index (χ3v) is 5.00. The molecule has 16 heavy (non-hydrogen) atoms. The van der Waals surface area contributed by atoms with Gasteiger partial charge in [0, 0.05) is 7.11 Å². The summed E-state index contributed by atoms with van der Waals surface area (Å²) in [5, 5.41) is 0. The Balaban J connectivity index is 1.89. The molecule has 0 N–H and O–H groups in total. The van der Waals surface area contributed by atoms with E-state index in [-0.39, 0.29) is 5.60 Å². The molecule has 0 atom stereocenters. The lowest BCUT2D eigenvalue weighted by Gasteiger charge is -2.53. The van der Waals surface area contributed by atoms with Crippen molar-refractivity contribution in [2.24, 2.45) is 0 Å². The Morgan fingerprint density at radius 2 is 1.44 bits per heavy atom. The van der Waals surface area contributed by atoms with Crippen molar-refractivity contribution in [3.05, 3.63) is 35.9 Å². The van der Waals surface area contributed by atoms with Crippen molar-refractivity contribution in [3.8, 4) is 0 Å². The molecule has 3 aliphatic rings. The summed E-state index contributed by atoms with van der Waals surface area (Å²) in [7, 11) is 1.89. The van der Waals surface area contributed by atoms with E-state index in [1.165, 1.54) is 38.5 Å². The maximum Gasteiger partial charge on any atom is 0.0679 e. The molecule has 4 rings (SSSR count). The Morgan fingerprint density at radius 1 is 0.875 bits per heavy atom. The normalized spacial score (nSPS) is 37.6. The molecule has 1 nitrogen and oxygen atoms in total. The Morgan fingerprint density at radius 3 is 1.94 bits per heavy atom. The lowest BCUT2D eigenvalue weighted by atomic mass is 9.56. The number of hydrogen-bond donors (Lipinski definition) is 0. The van der Waals surface area contributed by atoms with Gasteiger partial charge in [-0.05, 0) is 49.5 Å². The quantitative estimate of drug-likeness (QED) is 0.732. The Kier molecular flexibility index (Phi) is 2.32. The third kappa shape index (κ3) is 1.41. The fourth-order valence-corrected chi connectivity index (χ4v) is 3.68. The van der Waals surface area contributed by atoms with E-state index in [1.54, 1.807) is 5.56 Å². The Labute approximate surface area is 97.8 Å². The van der Waals surface area contributed by atoms with E-state index in [0.29, 0.717) is 5.41 Å². The van der Waals surface area contributed by atoms with Gasteiger partial charge in [-0.25, -0.2) is 0 Å². The number of benzene rings is 1. The van der Waals surface area contributed by atoms with Crippen LogP contribution in [-0.4, -0.2) is 12.7 Å². The first-order chi connectivity index (χ1) is 7.79. The molecular formula is C15H20O. The summed E-state index contributed by atoms with van der Waals surface area (Å²) in [4.78, 5) is 0. The van der Waals surface area contributed by atoms with Crippen LogP contribution in [0.2, 0.25) is 0 Å². The summed E-state index contributed by atoms with van der Waals surface area (Å²) in [5.41, 5.74) is 2.26. The summed E-state index contributed by atoms with van der Waals surface area (Å²) < 4.78 is 5.75. The van der Waals surface area contributed by atoms with Crippen molar-refractivity contribution in [3.63, 3.8) is 0 Å². The van der Waals surface area contributed by atoms with Crippen LogP contribution in [-0.2, 0) is 10.2 Å².